The van der Waals surface area contributed by atoms with E-state index in [0.29, 0.717) is 6.04 Å². The van der Waals surface area contributed by atoms with E-state index >= 15 is 0 Å². The molecule has 2 nitrogen and oxygen atoms in total. The Morgan fingerprint density at radius 3 is 2.35 bits per heavy atom. The second-order valence-electron chi connectivity index (χ2n) is 4.74. The number of amides is 1. The van der Waals surface area contributed by atoms with E-state index in [1.807, 2.05) is 39.6 Å². The molecule has 0 radical (unpaired) electrons. The molecular formula is C18H31NO. The van der Waals surface area contributed by atoms with Crippen LogP contribution >= 0.6 is 0 Å². The second-order valence-corrected chi connectivity index (χ2v) is 4.74. The predicted molar refractivity (Wildman–Crippen MR) is 88.1 cm³/mol. The lowest BCUT2D eigenvalue weighted by molar-refractivity contribution is -0.129. The van der Waals surface area contributed by atoms with Crippen LogP contribution in [0.3, 0.4) is 0 Å². The zero-order chi connectivity index (χ0) is 15.7. The summed E-state index contributed by atoms with van der Waals surface area (Å²) in [6, 6.07) is 6.89. The summed E-state index contributed by atoms with van der Waals surface area (Å²) in [5.74, 6) is 0.169. The highest BCUT2D eigenvalue weighted by Gasteiger charge is 2.23. The SMILES string of the molecule is CC.CC.CC(=O)N(C)C1CCc2cccc(C)c2C1. The quantitative estimate of drug-likeness (QED) is 0.746. The Labute approximate surface area is 125 Å². The highest BCUT2D eigenvalue weighted by molar-refractivity contribution is 5.73. The van der Waals surface area contributed by atoms with Gasteiger partial charge < -0.3 is 4.90 Å². The molecule has 1 amide bonds. The zero-order valence-electron chi connectivity index (χ0n) is 14.3. The van der Waals surface area contributed by atoms with Crippen molar-refractivity contribution >= 4 is 5.91 Å². The monoisotopic (exact) mass is 277 g/mol. The highest BCUT2D eigenvalue weighted by atomic mass is 16.2. The first-order chi connectivity index (χ1) is 9.59. The van der Waals surface area contributed by atoms with Crippen molar-refractivity contribution < 1.29 is 4.79 Å². The molecule has 0 bridgehead atoms. The normalized spacial score (nSPS) is 15.8. The molecule has 1 aromatic carbocycles. The van der Waals surface area contributed by atoms with E-state index in [-0.39, 0.29) is 5.91 Å². The second kappa shape index (κ2) is 9.57. The Morgan fingerprint density at radius 1 is 1.20 bits per heavy atom. The standard InChI is InChI=1S/C14H19NO.2C2H6/c1-10-5-4-6-12-7-8-13(9-14(10)12)15(3)11(2)16;2*1-2/h4-6,13H,7-9H2,1-3H3;2*1-2H3. The number of carbonyl (C=O) groups excluding carboxylic acids is 1. The van der Waals surface area contributed by atoms with Gasteiger partial charge in [-0.2, -0.15) is 0 Å². The first kappa shape index (κ1) is 18.7. The van der Waals surface area contributed by atoms with Crippen LogP contribution in [-0.4, -0.2) is 23.9 Å². The number of nitrogens with zero attached hydrogens (tertiary/aromatic N) is 1. The Hall–Kier alpha value is -1.31. The predicted octanol–water partition coefficient (Wildman–Crippen LogP) is 4.38. The van der Waals surface area contributed by atoms with Crippen LogP contribution in [0.2, 0.25) is 0 Å². The number of likely N-dealkylation sites (N-methyl/N-ethyl adjacent to an activating group) is 1. The van der Waals surface area contributed by atoms with Crippen molar-refractivity contribution in [2.45, 2.75) is 66.8 Å². The fourth-order valence-corrected chi connectivity index (χ4v) is 2.54. The molecular weight excluding hydrogens is 246 g/mol. The zero-order valence-corrected chi connectivity index (χ0v) is 14.3. The molecule has 114 valence electrons. The molecule has 1 unspecified atom stereocenters. The third-order valence-corrected chi connectivity index (χ3v) is 3.74. The first-order valence-corrected chi connectivity index (χ1v) is 7.90. The fourth-order valence-electron chi connectivity index (χ4n) is 2.54. The van der Waals surface area contributed by atoms with Crippen LogP contribution in [0.25, 0.3) is 0 Å². The van der Waals surface area contributed by atoms with E-state index < -0.39 is 0 Å². The first-order valence-electron chi connectivity index (χ1n) is 7.90. The Bertz CT molecular complexity index is 412. The molecule has 0 aromatic heterocycles. The summed E-state index contributed by atoms with van der Waals surface area (Å²) in [6.45, 7) is 11.8. The lowest BCUT2D eigenvalue weighted by Crippen LogP contribution is -2.39. The number of hydrogen-bond acceptors (Lipinski definition) is 1. The number of benzene rings is 1. The van der Waals surface area contributed by atoms with Crippen LogP contribution in [0.1, 0.15) is 57.7 Å². The van der Waals surface area contributed by atoms with E-state index in [1.54, 1.807) is 6.92 Å². The minimum Gasteiger partial charge on any atom is -0.343 e. The van der Waals surface area contributed by atoms with Crippen molar-refractivity contribution in [3.8, 4) is 0 Å². The minimum atomic E-state index is 0.169. The number of fused-ring (bicyclic) bond motifs is 1. The van der Waals surface area contributed by atoms with Gasteiger partial charge in [0.25, 0.3) is 0 Å². The average molecular weight is 277 g/mol. The van der Waals surface area contributed by atoms with Crippen molar-refractivity contribution in [2.24, 2.45) is 0 Å². The molecule has 20 heavy (non-hydrogen) atoms. The molecule has 0 heterocycles. The lowest BCUT2D eigenvalue weighted by atomic mass is 9.85. The van der Waals surface area contributed by atoms with Crippen LogP contribution < -0.4 is 0 Å². The van der Waals surface area contributed by atoms with Crippen molar-refractivity contribution in [1.82, 2.24) is 4.90 Å². The van der Waals surface area contributed by atoms with E-state index in [0.717, 1.165) is 19.3 Å². The molecule has 0 aliphatic heterocycles. The van der Waals surface area contributed by atoms with Crippen LogP contribution in [0, 0.1) is 6.92 Å². The number of aryl methyl sites for hydroxylation is 2. The van der Waals surface area contributed by atoms with Crippen LogP contribution in [-0.2, 0) is 17.6 Å². The van der Waals surface area contributed by atoms with Crippen molar-refractivity contribution in [2.75, 3.05) is 7.05 Å². The molecule has 1 aliphatic rings. The molecule has 1 atom stereocenters. The summed E-state index contributed by atoms with van der Waals surface area (Å²) in [5.41, 5.74) is 4.28. The Balaban J connectivity index is 0.000000829. The van der Waals surface area contributed by atoms with E-state index in [9.17, 15) is 4.79 Å². The minimum absolute atomic E-state index is 0.169. The average Bonchev–Trinajstić information content (AvgIpc) is 2.50. The van der Waals surface area contributed by atoms with Gasteiger partial charge in [0.2, 0.25) is 5.91 Å². The van der Waals surface area contributed by atoms with Gasteiger partial charge in [0.1, 0.15) is 0 Å². The maximum atomic E-state index is 11.4. The fraction of sp³-hybridized carbons (Fsp3) is 0.611. The van der Waals surface area contributed by atoms with Gasteiger partial charge in [-0.25, -0.2) is 0 Å². The summed E-state index contributed by atoms with van der Waals surface area (Å²) in [7, 11) is 1.91. The van der Waals surface area contributed by atoms with Crippen LogP contribution in [0.5, 0.6) is 0 Å². The smallest absolute Gasteiger partial charge is 0.219 e. The van der Waals surface area contributed by atoms with Gasteiger partial charge in [0.05, 0.1) is 0 Å². The van der Waals surface area contributed by atoms with Crippen molar-refractivity contribution in [3.05, 3.63) is 34.9 Å². The summed E-state index contributed by atoms with van der Waals surface area (Å²) >= 11 is 0. The van der Waals surface area contributed by atoms with Gasteiger partial charge in [-0.3, -0.25) is 4.79 Å². The van der Waals surface area contributed by atoms with Gasteiger partial charge in [0, 0.05) is 20.0 Å². The molecule has 0 fully saturated rings. The Morgan fingerprint density at radius 2 is 1.80 bits per heavy atom. The van der Waals surface area contributed by atoms with E-state index in [1.165, 1.54) is 16.7 Å². The molecule has 1 aliphatic carbocycles. The topological polar surface area (TPSA) is 20.3 Å². The van der Waals surface area contributed by atoms with Gasteiger partial charge >= 0.3 is 0 Å². The maximum Gasteiger partial charge on any atom is 0.219 e. The highest BCUT2D eigenvalue weighted by Crippen LogP contribution is 2.26. The summed E-state index contributed by atoms with van der Waals surface area (Å²) in [6.07, 6.45) is 3.20. The van der Waals surface area contributed by atoms with Crippen LogP contribution in [0.15, 0.2) is 18.2 Å². The van der Waals surface area contributed by atoms with Gasteiger partial charge in [-0.1, -0.05) is 45.9 Å². The number of hydrogen-bond donors (Lipinski definition) is 0. The molecule has 0 saturated carbocycles. The van der Waals surface area contributed by atoms with Gasteiger partial charge in [0.15, 0.2) is 0 Å². The van der Waals surface area contributed by atoms with Crippen molar-refractivity contribution in [3.63, 3.8) is 0 Å². The third-order valence-electron chi connectivity index (χ3n) is 3.74. The summed E-state index contributed by atoms with van der Waals surface area (Å²) in [4.78, 5) is 13.3. The molecule has 0 N–H and O–H groups in total. The summed E-state index contributed by atoms with van der Waals surface area (Å²) < 4.78 is 0. The van der Waals surface area contributed by atoms with Gasteiger partial charge in [-0.05, 0) is 42.9 Å². The molecule has 0 spiro atoms. The van der Waals surface area contributed by atoms with E-state index in [4.69, 9.17) is 0 Å². The van der Waals surface area contributed by atoms with Crippen molar-refractivity contribution in [1.29, 1.82) is 0 Å². The van der Waals surface area contributed by atoms with Crippen LogP contribution in [0.4, 0.5) is 0 Å². The lowest BCUT2D eigenvalue weighted by Gasteiger charge is -2.32. The summed E-state index contributed by atoms with van der Waals surface area (Å²) in [5, 5.41) is 0. The Kier molecular flexibility index (Phi) is 8.94. The largest absolute Gasteiger partial charge is 0.343 e. The van der Waals surface area contributed by atoms with Gasteiger partial charge in [-0.15, -0.1) is 0 Å². The number of carbonyl (C=O) groups is 1. The number of rotatable bonds is 1. The molecule has 2 heteroatoms. The molecule has 0 saturated heterocycles. The molecule has 2 rings (SSSR count). The van der Waals surface area contributed by atoms with E-state index in [2.05, 4.69) is 25.1 Å². The molecule has 1 aromatic rings. The maximum absolute atomic E-state index is 11.4. The third kappa shape index (κ3) is 4.66.